The molecular weight excluding hydrogens is 472 g/mol. The molecule has 4 aromatic rings. The number of anilines is 1. The number of fused-ring (bicyclic) bond motifs is 1. The zero-order valence-electron chi connectivity index (χ0n) is 19.2. The third kappa shape index (κ3) is 4.92. The molecule has 34 heavy (non-hydrogen) atoms. The van der Waals surface area contributed by atoms with Gasteiger partial charge in [0.15, 0.2) is 10.3 Å². The van der Waals surface area contributed by atoms with Crippen LogP contribution >= 0.6 is 23.1 Å². The second-order valence-electron chi connectivity index (χ2n) is 7.62. The van der Waals surface area contributed by atoms with Crippen molar-refractivity contribution in [2.75, 3.05) is 25.3 Å². The van der Waals surface area contributed by atoms with Crippen molar-refractivity contribution in [3.63, 3.8) is 0 Å². The predicted octanol–water partition coefficient (Wildman–Crippen LogP) is 4.85. The Bertz CT molecular complexity index is 1400. The Morgan fingerprint density at radius 3 is 2.68 bits per heavy atom. The number of hydrogen-bond acceptors (Lipinski definition) is 8. The highest BCUT2D eigenvalue weighted by molar-refractivity contribution is 7.99. The number of carbonyl (C=O) groups is 1. The minimum Gasteiger partial charge on any atom is -0.497 e. The molecule has 0 bridgehead atoms. The molecule has 0 spiro atoms. The van der Waals surface area contributed by atoms with Crippen molar-refractivity contribution < 1.29 is 14.3 Å². The number of carbonyl (C=O) groups excluding carboxylic acids is 1. The fourth-order valence-electron chi connectivity index (χ4n) is 3.44. The highest BCUT2D eigenvalue weighted by atomic mass is 32.2. The van der Waals surface area contributed by atoms with Gasteiger partial charge in [-0.3, -0.25) is 14.2 Å². The quantitative estimate of drug-likeness (QED) is 0.275. The smallest absolute Gasteiger partial charge is 0.262 e. The van der Waals surface area contributed by atoms with Gasteiger partial charge in [-0.25, -0.2) is 9.97 Å². The van der Waals surface area contributed by atoms with Crippen LogP contribution < -0.4 is 20.3 Å². The first-order valence-electron chi connectivity index (χ1n) is 10.5. The molecule has 0 unspecified atom stereocenters. The van der Waals surface area contributed by atoms with Crippen LogP contribution in [0.5, 0.6) is 11.5 Å². The third-order valence-electron chi connectivity index (χ3n) is 5.06. The number of nitrogens with one attached hydrogen (secondary N) is 1. The second-order valence-corrected chi connectivity index (χ2v) is 9.42. The van der Waals surface area contributed by atoms with E-state index in [1.807, 2.05) is 49.6 Å². The maximum Gasteiger partial charge on any atom is 0.262 e. The zero-order chi connectivity index (χ0) is 24.2. The summed E-state index contributed by atoms with van der Waals surface area (Å²) in [6.07, 6.45) is 0. The molecule has 0 saturated heterocycles. The molecule has 0 aliphatic carbocycles. The van der Waals surface area contributed by atoms with E-state index in [1.165, 1.54) is 23.1 Å². The van der Waals surface area contributed by atoms with Gasteiger partial charge in [0, 0.05) is 17.0 Å². The third-order valence-corrected chi connectivity index (χ3v) is 6.77. The number of methoxy groups -OCH3 is 2. The van der Waals surface area contributed by atoms with E-state index in [1.54, 1.807) is 30.9 Å². The van der Waals surface area contributed by atoms with E-state index in [-0.39, 0.29) is 23.3 Å². The van der Waals surface area contributed by atoms with Crippen LogP contribution in [0.2, 0.25) is 0 Å². The normalized spacial score (nSPS) is 11.1. The van der Waals surface area contributed by atoms with Gasteiger partial charge in [-0.2, -0.15) is 0 Å². The van der Waals surface area contributed by atoms with Crippen LogP contribution in [-0.2, 0) is 4.79 Å². The van der Waals surface area contributed by atoms with Gasteiger partial charge in [0.1, 0.15) is 11.5 Å². The average Bonchev–Trinajstić information content (AvgIpc) is 3.30. The summed E-state index contributed by atoms with van der Waals surface area (Å²) < 4.78 is 12.4. The summed E-state index contributed by atoms with van der Waals surface area (Å²) in [6.45, 7) is 3.85. The van der Waals surface area contributed by atoms with Crippen molar-refractivity contribution in [1.29, 1.82) is 0 Å². The maximum atomic E-state index is 12.9. The van der Waals surface area contributed by atoms with E-state index >= 15 is 0 Å². The van der Waals surface area contributed by atoms with Crippen LogP contribution in [0.25, 0.3) is 22.2 Å². The number of rotatable bonds is 8. The Balaban J connectivity index is 1.50. The lowest BCUT2D eigenvalue weighted by Crippen LogP contribution is -2.25. The summed E-state index contributed by atoms with van der Waals surface area (Å²) in [5.41, 5.74) is 1.95. The Labute approximate surface area is 205 Å². The van der Waals surface area contributed by atoms with Crippen LogP contribution in [0.4, 0.5) is 5.13 Å². The lowest BCUT2D eigenvalue weighted by atomic mass is 10.1. The SMILES string of the molecule is COc1ccc(OC)c(-c2csc(NC(=O)CSc3nc4ccccc4c(=O)n3C(C)C)n2)c1. The van der Waals surface area contributed by atoms with Crippen molar-refractivity contribution >= 4 is 45.0 Å². The number of para-hydroxylation sites is 1. The number of thiazole rings is 1. The number of benzene rings is 2. The highest BCUT2D eigenvalue weighted by Gasteiger charge is 2.17. The Morgan fingerprint density at radius 1 is 1.15 bits per heavy atom. The molecule has 2 aromatic heterocycles. The van der Waals surface area contributed by atoms with Gasteiger partial charge in [-0.05, 0) is 44.2 Å². The predicted molar refractivity (Wildman–Crippen MR) is 136 cm³/mol. The van der Waals surface area contributed by atoms with Crippen LogP contribution in [0.3, 0.4) is 0 Å². The van der Waals surface area contributed by atoms with Crippen LogP contribution in [-0.4, -0.2) is 40.4 Å². The lowest BCUT2D eigenvalue weighted by molar-refractivity contribution is -0.113. The summed E-state index contributed by atoms with van der Waals surface area (Å²) in [5.74, 6) is 1.20. The van der Waals surface area contributed by atoms with E-state index in [0.29, 0.717) is 38.4 Å². The molecular formula is C24H24N4O4S2. The van der Waals surface area contributed by atoms with Crippen molar-refractivity contribution in [3.05, 3.63) is 58.2 Å². The second kappa shape index (κ2) is 10.3. The summed E-state index contributed by atoms with van der Waals surface area (Å²) in [4.78, 5) is 34.8. The van der Waals surface area contributed by atoms with E-state index < -0.39 is 0 Å². The van der Waals surface area contributed by atoms with Gasteiger partial charge >= 0.3 is 0 Å². The van der Waals surface area contributed by atoms with Crippen molar-refractivity contribution in [1.82, 2.24) is 14.5 Å². The van der Waals surface area contributed by atoms with Crippen LogP contribution in [0.15, 0.2) is 57.8 Å². The molecule has 4 rings (SSSR count). The molecule has 0 fully saturated rings. The van der Waals surface area contributed by atoms with Gasteiger partial charge in [-0.1, -0.05) is 23.9 Å². The van der Waals surface area contributed by atoms with Crippen molar-refractivity contribution in [2.45, 2.75) is 25.0 Å². The van der Waals surface area contributed by atoms with E-state index in [4.69, 9.17) is 9.47 Å². The number of hydrogen-bond donors (Lipinski definition) is 1. The van der Waals surface area contributed by atoms with Crippen molar-refractivity contribution in [3.8, 4) is 22.8 Å². The molecule has 0 saturated carbocycles. The molecule has 0 aliphatic heterocycles. The monoisotopic (exact) mass is 496 g/mol. The number of amides is 1. The standard InChI is InChI=1S/C24H24N4O4S2/c1-14(2)28-22(30)16-7-5-6-8-18(16)26-24(28)34-13-21(29)27-23-25-19(12-33-23)17-11-15(31-3)9-10-20(17)32-4/h5-12,14H,13H2,1-4H3,(H,25,27,29). The fraction of sp³-hybridized carbons (Fsp3) is 0.250. The molecule has 176 valence electrons. The molecule has 1 N–H and O–H groups in total. The first-order chi connectivity index (χ1) is 16.4. The average molecular weight is 497 g/mol. The largest absolute Gasteiger partial charge is 0.497 e. The van der Waals surface area contributed by atoms with Crippen molar-refractivity contribution in [2.24, 2.45) is 0 Å². The van der Waals surface area contributed by atoms with Crippen LogP contribution in [0.1, 0.15) is 19.9 Å². The Morgan fingerprint density at radius 2 is 1.94 bits per heavy atom. The molecule has 1 amide bonds. The van der Waals surface area contributed by atoms with Gasteiger partial charge in [0.2, 0.25) is 5.91 Å². The number of aromatic nitrogens is 3. The van der Waals surface area contributed by atoms with Gasteiger partial charge in [-0.15, -0.1) is 11.3 Å². The maximum absolute atomic E-state index is 12.9. The first kappa shape index (κ1) is 23.8. The molecule has 2 heterocycles. The number of nitrogens with zero attached hydrogens (tertiary/aromatic N) is 3. The molecule has 10 heteroatoms. The highest BCUT2D eigenvalue weighted by Crippen LogP contribution is 2.35. The number of ether oxygens (including phenoxy) is 2. The zero-order valence-corrected chi connectivity index (χ0v) is 20.8. The Kier molecular flexibility index (Phi) is 7.18. The first-order valence-corrected chi connectivity index (χ1v) is 12.4. The summed E-state index contributed by atoms with van der Waals surface area (Å²) in [7, 11) is 3.19. The summed E-state index contributed by atoms with van der Waals surface area (Å²) in [6, 6.07) is 12.6. The number of thioether (sulfide) groups is 1. The molecule has 8 nitrogen and oxygen atoms in total. The van der Waals surface area contributed by atoms with E-state index in [9.17, 15) is 9.59 Å². The molecule has 2 aromatic carbocycles. The van der Waals surface area contributed by atoms with Gasteiger partial charge < -0.3 is 14.8 Å². The van der Waals surface area contributed by atoms with Crippen LogP contribution in [0, 0.1) is 0 Å². The summed E-state index contributed by atoms with van der Waals surface area (Å²) >= 11 is 2.55. The minimum atomic E-state index is -0.235. The van der Waals surface area contributed by atoms with Gasteiger partial charge in [0.05, 0.1) is 36.6 Å². The van der Waals surface area contributed by atoms with E-state index in [0.717, 1.165) is 5.56 Å². The molecule has 0 atom stereocenters. The topological polar surface area (TPSA) is 95.3 Å². The van der Waals surface area contributed by atoms with Gasteiger partial charge in [0.25, 0.3) is 5.56 Å². The van der Waals surface area contributed by atoms with E-state index in [2.05, 4.69) is 15.3 Å². The Hall–Kier alpha value is -3.37. The molecule has 0 aliphatic rings. The summed E-state index contributed by atoms with van der Waals surface area (Å²) in [5, 5.41) is 6.22. The lowest BCUT2D eigenvalue weighted by Gasteiger charge is -2.15. The minimum absolute atomic E-state index is 0.0884. The fourth-order valence-corrected chi connectivity index (χ4v) is 5.09. The molecule has 0 radical (unpaired) electrons.